The normalized spacial score (nSPS) is 10.2. The van der Waals surface area contributed by atoms with Gasteiger partial charge >= 0.3 is 5.97 Å². The molecular formula is C14H10Cl2O3. The van der Waals surface area contributed by atoms with Gasteiger partial charge in [0.15, 0.2) is 6.61 Å². The van der Waals surface area contributed by atoms with Crippen LogP contribution in [0.3, 0.4) is 0 Å². The molecule has 5 heteroatoms. The number of benzene rings is 2. The van der Waals surface area contributed by atoms with Crippen molar-refractivity contribution in [1.82, 2.24) is 0 Å². The summed E-state index contributed by atoms with van der Waals surface area (Å²) in [6, 6.07) is 12.2. The first-order valence-electron chi connectivity index (χ1n) is 5.46. The molecule has 0 aliphatic rings. The van der Waals surface area contributed by atoms with Gasteiger partial charge in [0, 0.05) is 15.6 Å². The summed E-state index contributed by atoms with van der Waals surface area (Å²) in [5.41, 5.74) is 1.58. The second-order valence-electron chi connectivity index (χ2n) is 3.83. The molecule has 3 nitrogen and oxygen atoms in total. The predicted molar refractivity (Wildman–Crippen MR) is 75.0 cm³/mol. The van der Waals surface area contributed by atoms with Crippen molar-refractivity contribution in [2.45, 2.75) is 0 Å². The van der Waals surface area contributed by atoms with Gasteiger partial charge in [0.05, 0.1) is 0 Å². The van der Waals surface area contributed by atoms with Crippen LogP contribution < -0.4 is 4.74 Å². The Morgan fingerprint density at radius 3 is 2.32 bits per heavy atom. The molecule has 0 heterocycles. The van der Waals surface area contributed by atoms with E-state index in [1.807, 2.05) is 12.1 Å². The van der Waals surface area contributed by atoms with Crippen LogP contribution in [0.15, 0.2) is 42.5 Å². The van der Waals surface area contributed by atoms with Gasteiger partial charge in [-0.1, -0.05) is 35.3 Å². The summed E-state index contributed by atoms with van der Waals surface area (Å²) in [6.07, 6.45) is 0. The minimum absolute atomic E-state index is 0.401. The molecule has 0 atom stereocenters. The topological polar surface area (TPSA) is 46.5 Å². The first-order valence-corrected chi connectivity index (χ1v) is 6.22. The van der Waals surface area contributed by atoms with E-state index < -0.39 is 12.6 Å². The fraction of sp³-hybridized carbons (Fsp3) is 0.0714. The Bertz CT molecular complexity index is 594. The van der Waals surface area contributed by atoms with Crippen molar-refractivity contribution in [2.24, 2.45) is 0 Å². The van der Waals surface area contributed by atoms with Gasteiger partial charge in [-0.2, -0.15) is 0 Å². The summed E-state index contributed by atoms with van der Waals surface area (Å²) in [6.45, 7) is -0.401. The monoisotopic (exact) mass is 296 g/mol. The lowest BCUT2D eigenvalue weighted by molar-refractivity contribution is -0.139. The Balaban J connectivity index is 2.39. The summed E-state index contributed by atoms with van der Waals surface area (Å²) in [5, 5.41) is 9.83. The number of hydrogen-bond acceptors (Lipinski definition) is 2. The van der Waals surface area contributed by atoms with E-state index in [0.717, 1.165) is 11.1 Å². The number of ether oxygens (including phenoxy) is 1. The number of aliphatic carboxylic acids is 1. The van der Waals surface area contributed by atoms with Gasteiger partial charge in [0.1, 0.15) is 5.75 Å². The molecule has 1 N–H and O–H groups in total. The molecule has 0 radical (unpaired) electrons. The summed E-state index contributed by atoms with van der Waals surface area (Å²) < 4.78 is 5.25. The Morgan fingerprint density at radius 1 is 1.05 bits per heavy atom. The average molecular weight is 297 g/mol. The highest BCUT2D eigenvalue weighted by Crippen LogP contribution is 2.33. The molecule has 2 aromatic carbocycles. The van der Waals surface area contributed by atoms with Crippen LogP contribution in [0.25, 0.3) is 11.1 Å². The largest absolute Gasteiger partial charge is 0.481 e. The van der Waals surface area contributed by atoms with E-state index in [4.69, 9.17) is 33.0 Å². The molecule has 0 spiro atoms. The number of carboxylic acid groups (broad SMARTS) is 1. The lowest BCUT2D eigenvalue weighted by Gasteiger charge is -2.11. The average Bonchev–Trinajstić information content (AvgIpc) is 2.38. The zero-order valence-corrected chi connectivity index (χ0v) is 11.3. The number of rotatable bonds is 4. The zero-order chi connectivity index (χ0) is 13.8. The number of carboxylic acids is 1. The molecule has 0 unspecified atom stereocenters. The molecular weight excluding hydrogens is 287 g/mol. The van der Waals surface area contributed by atoms with E-state index in [1.54, 1.807) is 30.3 Å². The van der Waals surface area contributed by atoms with Gasteiger partial charge in [-0.25, -0.2) is 4.79 Å². The molecule has 19 heavy (non-hydrogen) atoms. The van der Waals surface area contributed by atoms with Crippen molar-refractivity contribution < 1.29 is 14.6 Å². The fourth-order valence-corrected chi connectivity index (χ4v) is 1.92. The van der Waals surface area contributed by atoms with E-state index >= 15 is 0 Å². The number of hydrogen-bond donors (Lipinski definition) is 1. The highest BCUT2D eigenvalue weighted by atomic mass is 35.5. The minimum atomic E-state index is -1.03. The quantitative estimate of drug-likeness (QED) is 0.923. The van der Waals surface area contributed by atoms with Crippen molar-refractivity contribution in [1.29, 1.82) is 0 Å². The SMILES string of the molecule is O=C(O)COc1ccc(Cl)cc1-c1ccc(Cl)cc1. The third-order valence-electron chi connectivity index (χ3n) is 2.45. The van der Waals surface area contributed by atoms with Crippen LogP contribution in [0.1, 0.15) is 0 Å². The van der Waals surface area contributed by atoms with Gasteiger partial charge < -0.3 is 9.84 Å². The molecule has 0 saturated heterocycles. The minimum Gasteiger partial charge on any atom is -0.481 e. The Labute approximate surface area is 120 Å². The lowest BCUT2D eigenvalue weighted by Crippen LogP contribution is -2.09. The number of halogens is 2. The molecule has 0 bridgehead atoms. The second-order valence-corrected chi connectivity index (χ2v) is 4.70. The molecule has 2 aromatic rings. The Morgan fingerprint density at radius 2 is 1.68 bits per heavy atom. The first kappa shape index (κ1) is 13.7. The van der Waals surface area contributed by atoms with Gasteiger partial charge in [-0.3, -0.25) is 0 Å². The molecule has 0 amide bonds. The molecule has 2 rings (SSSR count). The maximum Gasteiger partial charge on any atom is 0.341 e. The van der Waals surface area contributed by atoms with E-state index in [2.05, 4.69) is 0 Å². The standard InChI is InChI=1S/C14H10Cl2O3/c15-10-3-1-9(2-4-10)12-7-11(16)5-6-13(12)19-8-14(17)18/h1-7H,8H2,(H,17,18). The van der Waals surface area contributed by atoms with Crippen LogP contribution in [0, 0.1) is 0 Å². The van der Waals surface area contributed by atoms with Crippen molar-refractivity contribution >= 4 is 29.2 Å². The summed E-state index contributed by atoms with van der Waals surface area (Å²) in [7, 11) is 0. The maximum atomic E-state index is 10.6. The number of carbonyl (C=O) groups is 1. The predicted octanol–water partition coefficient (Wildman–Crippen LogP) is 4.12. The zero-order valence-electron chi connectivity index (χ0n) is 9.77. The van der Waals surface area contributed by atoms with Crippen molar-refractivity contribution in [3.8, 4) is 16.9 Å². The first-order chi connectivity index (χ1) is 9.06. The Hall–Kier alpha value is -1.71. The van der Waals surface area contributed by atoms with Gasteiger partial charge in [0.2, 0.25) is 0 Å². The summed E-state index contributed by atoms with van der Waals surface area (Å²) in [4.78, 5) is 10.6. The highest BCUT2D eigenvalue weighted by molar-refractivity contribution is 6.31. The van der Waals surface area contributed by atoms with Crippen molar-refractivity contribution in [2.75, 3.05) is 6.61 Å². The second kappa shape index (κ2) is 5.95. The third-order valence-corrected chi connectivity index (χ3v) is 2.94. The Kier molecular flexibility index (Phi) is 4.30. The molecule has 0 saturated carbocycles. The van der Waals surface area contributed by atoms with Crippen LogP contribution >= 0.6 is 23.2 Å². The highest BCUT2D eigenvalue weighted by Gasteiger charge is 2.09. The van der Waals surface area contributed by atoms with E-state index in [1.165, 1.54) is 0 Å². The van der Waals surface area contributed by atoms with E-state index in [9.17, 15) is 4.79 Å². The summed E-state index contributed by atoms with van der Waals surface area (Å²) in [5.74, 6) is -0.564. The van der Waals surface area contributed by atoms with Crippen molar-refractivity contribution in [3.05, 3.63) is 52.5 Å². The maximum absolute atomic E-state index is 10.6. The van der Waals surface area contributed by atoms with Crippen LogP contribution in [0.4, 0.5) is 0 Å². The third kappa shape index (κ3) is 3.63. The van der Waals surface area contributed by atoms with Crippen LogP contribution in [0.5, 0.6) is 5.75 Å². The van der Waals surface area contributed by atoms with Crippen LogP contribution in [-0.4, -0.2) is 17.7 Å². The van der Waals surface area contributed by atoms with Gasteiger partial charge in [-0.05, 0) is 35.9 Å². The molecule has 98 valence electrons. The summed E-state index contributed by atoms with van der Waals surface area (Å²) >= 11 is 11.8. The molecule has 0 aromatic heterocycles. The fourth-order valence-electron chi connectivity index (χ4n) is 1.62. The lowest BCUT2D eigenvalue weighted by atomic mass is 10.0. The molecule has 0 aliphatic heterocycles. The smallest absolute Gasteiger partial charge is 0.341 e. The van der Waals surface area contributed by atoms with E-state index in [0.29, 0.717) is 15.8 Å². The van der Waals surface area contributed by atoms with Gasteiger partial charge in [-0.15, -0.1) is 0 Å². The molecule has 0 aliphatic carbocycles. The van der Waals surface area contributed by atoms with Crippen LogP contribution in [0.2, 0.25) is 10.0 Å². The van der Waals surface area contributed by atoms with E-state index in [-0.39, 0.29) is 0 Å². The van der Waals surface area contributed by atoms with Crippen LogP contribution in [-0.2, 0) is 4.79 Å². The van der Waals surface area contributed by atoms with Gasteiger partial charge in [0.25, 0.3) is 0 Å². The van der Waals surface area contributed by atoms with Crippen molar-refractivity contribution in [3.63, 3.8) is 0 Å². The molecule has 0 fully saturated rings.